The van der Waals surface area contributed by atoms with Crippen molar-refractivity contribution in [2.45, 2.75) is 37.7 Å². The van der Waals surface area contributed by atoms with Gasteiger partial charge < -0.3 is 9.47 Å². The molecule has 2 bridgehead atoms. The molecular formula is C23H21F4NO4. The molecule has 170 valence electrons. The molecule has 0 radical (unpaired) electrons. The van der Waals surface area contributed by atoms with Crippen molar-refractivity contribution < 1.29 is 36.6 Å². The van der Waals surface area contributed by atoms with Crippen molar-refractivity contribution in [3.05, 3.63) is 71.0 Å². The molecule has 2 aliphatic heterocycles. The number of benzene rings is 2. The molecule has 2 aromatic carbocycles. The van der Waals surface area contributed by atoms with Gasteiger partial charge in [-0.2, -0.15) is 13.2 Å². The summed E-state index contributed by atoms with van der Waals surface area (Å²) in [5, 5.41) is 0. The van der Waals surface area contributed by atoms with Crippen LogP contribution in [0.2, 0.25) is 0 Å². The van der Waals surface area contributed by atoms with E-state index >= 15 is 0 Å². The van der Waals surface area contributed by atoms with E-state index < -0.39 is 47.4 Å². The van der Waals surface area contributed by atoms with Crippen LogP contribution < -0.4 is 0 Å². The number of fused-ring (bicyclic) bond motifs is 2. The summed E-state index contributed by atoms with van der Waals surface area (Å²) in [5.41, 5.74) is -0.674. The number of hydrogen-bond donors (Lipinski definition) is 0. The molecule has 2 aromatic rings. The molecular weight excluding hydrogens is 430 g/mol. The number of carbonyl (C=O) groups is 2. The molecule has 2 fully saturated rings. The first-order valence-corrected chi connectivity index (χ1v) is 10.2. The van der Waals surface area contributed by atoms with Gasteiger partial charge in [0, 0.05) is 11.5 Å². The maximum absolute atomic E-state index is 13.9. The number of nitrogens with zero attached hydrogens (tertiary/aromatic N) is 1. The Morgan fingerprint density at radius 3 is 2.28 bits per heavy atom. The van der Waals surface area contributed by atoms with E-state index in [1.54, 1.807) is 4.90 Å². The molecule has 9 heteroatoms. The summed E-state index contributed by atoms with van der Waals surface area (Å²) in [6.07, 6.45) is -4.80. The lowest BCUT2D eigenvalue weighted by Crippen LogP contribution is -2.59. The Kier molecular flexibility index (Phi) is 6.19. The topological polar surface area (TPSA) is 55.8 Å². The van der Waals surface area contributed by atoms with Crippen LogP contribution in [0.5, 0.6) is 0 Å². The third kappa shape index (κ3) is 4.62. The van der Waals surface area contributed by atoms with Gasteiger partial charge in [0.25, 0.3) is 0 Å². The van der Waals surface area contributed by atoms with Crippen LogP contribution in [0.4, 0.5) is 22.4 Å². The number of carbonyl (C=O) groups excluding carboxylic acids is 2. The van der Waals surface area contributed by atoms with Gasteiger partial charge in [0.05, 0.1) is 30.9 Å². The molecule has 5 nitrogen and oxygen atoms in total. The van der Waals surface area contributed by atoms with Crippen molar-refractivity contribution >= 4 is 11.9 Å². The minimum Gasteiger partial charge on any atom is -0.445 e. The number of halogens is 4. The van der Waals surface area contributed by atoms with Crippen LogP contribution in [0, 0.1) is 11.7 Å². The zero-order chi connectivity index (χ0) is 22.9. The molecule has 32 heavy (non-hydrogen) atoms. The van der Waals surface area contributed by atoms with Gasteiger partial charge in [0.2, 0.25) is 0 Å². The highest BCUT2D eigenvalue weighted by molar-refractivity contribution is 5.98. The van der Waals surface area contributed by atoms with Gasteiger partial charge in [-0.25, -0.2) is 9.18 Å². The summed E-state index contributed by atoms with van der Waals surface area (Å²) in [6.45, 7) is 0.563. The molecule has 0 saturated carbocycles. The molecule has 2 atom stereocenters. The van der Waals surface area contributed by atoms with Gasteiger partial charge in [-0.15, -0.1) is 0 Å². The maximum Gasteiger partial charge on any atom is 0.419 e. The maximum atomic E-state index is 13.9. The fourth-order valence-electron chi connectivity index (χ4n) is 4.36. The molecule has 2 saturated heterocycles. The molecule has 1 amide bonds. The van der Waals surface area contributed by atoms with E-state index in [2.05, 4.69) is 0 Å². The lowest BCUT2D eigenvalue weighted by Gasteiger charge is -2.47. The van der Waals surface area contributed by atoms with E-state index in [0.717, 1.165) is 11.6 Å². The van der Waals surface area contributed by atoms with Crippen molar-refractivity contribution in [2.24, 2.45) is 5.92 Å². The van der Waals surface area contributed by atoms with E-state index in [1.807, 2.05) is 30.3 Å². The smallest absolute Gasteiger partial charge is 0.419 e. The largest absolute Gasteiger partial charge is 0.445 e. The number of ether oxygens (including phenoxy) is 2. The predicted octanol–water partition coefficient (Wildman–Crippen LogP) is 4.84. The van der Waals surface area contributed by atoms with Crippen LogP contribution in [0.25, 0.3) is 0 Å². The van der Waals surface area contributed by atoms with E-state index in [4.69, 9.17) is 9.47 Å². The van der Waals surface area contributed by atoms with Crippen LogP contribution in [0.1, 0.15) is 34.3 Å². The molecule has 2 heterocycles. The average molecular weight is 451 g/mol. The van der Waals surface area contributed by atoms with E-state index in [1.165, 1.54) is 0 Å². The predicted molar refractivity (Wildman–Crippen MR) is 105 cm³/mol. The summed E-state index contributed by atoms with van der Waals surface area (Å²) in [6, 6.07) is 10.6. The lowest BCUT2D eigenvalue weighted by molar-refractivity contribution is -0.140. The molecule has 0 aliphatic carbocycles. The third-order valence-electron chi connectivity index (χ3n) is 5.87. The first-order valence-electron chi connectivity index (χ1n) is 10.2. The molecule has 4 rings (SSSR count). The Labute approximate surface area is 181 Å². The minimum atomic E-state index is -4.83. The summed E-state index contributed by atoms with van der Waals surface area (Å²) in [7, 11) is 0. The summed E-state index contributed by atoms with van der Waals surface area (Å²) >= 11 is 0. The number of alkyl halides is 3. The first kappa shape index (κ1) is 22.3. The third-order valence-corrected chi connectivity index (χ3v) is 5.87. The number of hydrogen-bond acceptors (Lipinski definition) is 4. The second-order valence-electron chi connectivity index (χ2n) is 8.02. The number of piperidine rings is 1. The van der Waals surface area contributed by atoms with Crippen molar-refractivity contribution in [3.8, 4) is 0 Å². The number of ketones is 1. The Bertz CT molecular complexity index is 981. The van der Waals surface area contributed by atoms with Crippen LogP contribution in [-0.2, 0) is 22.3 Å². The van der Waals surface area contributed by atoms with E-state index in [0.29, 0.717) is 12.1 Å². The quantitative estimate of drug-likeness (QED) is 0.493. The van der Waals surface area contributed by atoms with Gasteiger partial charge in [-0.3, -0.25) is 9.69 Å². The van der Waals surface area contributed by atoms with Crippen molar-refractivity contribution in [1.29, 1.82) is 0 Å². The first-order chi connectivity index (χ1) is 15.2. The number of morpholine rings is 1. The Balaban J connectivity index is 1.44. The molecule has 2 aliphatic rings. The second-order valence-corrected chi connectivity index (χ2v) is 8.02. The number of rotatable bonds is 4. The van der Waals surface area contributed by atoms with Crippen molar-refractivity contribution in [2.75, 3.05) is 13.2 Å². The molecule has 0 aromatic heterocycles. The van der Waals surface area contributed by atoms with Gasteiger partial charge in [-0.1, -0.05) is 36.4 Å². The van der Waals surface area contributed by atoms with Gasteiger partial charge in [-0.05, 0) is 30.5 Å². The highest BCUT2D eigenvalue weighted by Gasteiger charge is 2.45. The fraction of sp³-hybridized carbons (Fsp3) is 0.391. The number of Topliss-reactive ketones (excluding diaryl/α,β-unsaturated/α-hetero) is 1. The fourth-order valence-corrected chi connectivity index (χ4v) is 4.36. The highest BCUT2D eigenvalue weighted by Crippen LogP contribution is 2.36. The van der Waals surface area contributed by atoms with Crippen LogP contribution in [-0.4, -0.2) is 42.1 Å². The van der Waals surface area contributed by atoms with Gasteiger partial charge >= 0.3 is 12.3 Å². The lowest BCUT2D eigenvalue weighted by atomic mass is 9.80. The highest BCUT2D eigenvalue weighted by atomic mass is 19.4. The zero-order valence-corrected chi connectivity index (χ0v) is 17.0. The summed E-state index contributed by atoms with van der Waals surface area (Å²) < 4.78 is 63.3. The van der Waals surface area contributed by atoms with Crippen LogP contribution in [0.3, 0.4) is 0 Å². The van der Waals surface area contributed by atoms with E-state index in [9.17, 15) is 27.2 Å². The molecule has 0 spiro atoms. The standard InChI is InChI=1S/C23H21F4NO4/c24-20-10-15(6-7-19(20)23(25,26)27)21(29)16-8-17-12-31-13-18(9-16)28(17)22(30)32-11-14-4-2-1-3-5-14/h1-7,10,16-18H,8-9,11-13H2. The Morgan fingerprint density at radius 1 is 1.03 bits per heavy atom. The summed E-state index contributed by atoms with van der Waals surface area (Å²) in [4.78, 5) is 27.2. The Morgan fingerprint density at radius 2 is 1.69 bits per heavy atom. The monoisotopic (exact) mass is 451 g/mol. The SMILES string of the molecule is O=C(c1ccc(C(F)(F)F)c(F)c1)C1CC2COCC(C1)N2C(=O)OCc1ccccc1. The Hall–Kier alpha value is -2.94. The molecule has 2 unspecified atom stereocenters. The number of amides is 1. The normalized spacial score (nSPS) is 23.0. The van der Waals surface area contributed by atoms with E-state index in [-0.39, 0.29) is 38.2 Å². The summed E-state index contributed by atoms with van der Waals surface area (Å²) in [5.74, 6) is -2.47. The van der Waals surface area contributed by atoms with Crippen molar-refractivity contribution in [1.82, 2.24) is 4.90 Å². The average Bonchev–Trinajstić information content (AvgIpc) is 2.75. The van der Waals surface area contributed by atoms with Gasteiger partial charge in [0.15, 0.2) is 5.78 Å². The van der Waals surface area contributed by atoms with Gasteiger partial charge in [0.1, 0.15) is 12.4 Å². The van der Waals surface area contributed by atoms with Crippen molar-refractivity contribution in [3.63, 3.8) is 0 Å². The zero-order valence-electron chi connectivity index (χ0n) is 17.0. The second kappa shape index (κ2) is 8.90. The van der Waals surface area contributed by atoms with Crippen LogP contribution in [0.15, 0.2) is 48.5 Å². The van der Waals surface area contributed by atoms with Crippen LogP contribution >= 0.6 is 0 Å². The molecule has 0 N–H and O–H groups in total. The minimum absolute atomic E-state index is 0.111.